The van der Waals surface area contributed by atoms with Crippen LogP contribution in [0.5, 0.6) is 0 Å². The van der Waals surface area contributed by atoms with E-state index in [4.69, 9.17) is 4.98 Å². The van der Waals surface area contributed by atoms with Gasteiger partial charge in [0.05, 0.1) is 11.7 Å². The van der Waals surface area contributed by atoms with E-state index in [1.807, 2.05) is 11.6 Å². The Kier molecular flexibility index (Phi) is 7.09. The Hall–Kier alpha value is -1.69. The summed E-state index contributed by atoms with van der Waals surface area (Å²) in [7, 11) is -1.56. The van der Waals surface area contributed by atoms with E-state index in [0.717, 1.165) is 62.8 Å². The number of aliphatic hydroxyl groups excluding tert-OH is 1. The van der Waals surface area contributed by atoms with Crippen molar-refractivity contribution in [2.45, 2.75) is 95.3 Å². The maximum Gasteiger partial charge on any atom is 0.154 e. The van der Waals surface area contributed by atoms with Crippen molar-refractivity contribution in [3.63, 3.8) is 0 Å². The number of hydrogen-bond acceptors (Lipinski definition) is 5. The average molecular weight is 461 g/mol. The molecule has 3 aliphatic rings. The molecule has 0 aromatic carbocycles. The van der Waals surface area contributed by atoms with E-state index < -0.39 is 16.3 Å². The number of nitriles is 1. The van der Waals surface area contributed by atoms with E-state index in [1.54, 1.807) is 0 Å². The molecule has 8 heteroatoms. The van der Waals surface area contributed by atoms with E-state index >= 15 is 0 Å². The second-order valence-electron chi connectivity index (χ2n) is 10.0. The Labute approximate surface area is 192 Å². The van der Waals surface area contributed by atoms with Gasteiger partial charge in [-0.2, -0.15) is 5.26 Å². The van der Waals surface area contributed by atoms with Crippen LogP contribution in [0.25, 0.3) is 5.57 Å². The topological polar surface area (TPSA) is 114 Å². The first-order chi connectivity index (χ1) is 15.3. The largest absolute Gasteiger partial charge is 0.598 e. The third kappa shape index (κ3) is 4.66. The third-order valence-corrected chi connectivity index (χ3v) is 9.78. The average Bonchev–Trinajstić information content (AvgIpc) is 3.11. The fourth-order valence-electron chi connectivity index (χ4n) is 5.76. The van der Waals surface area contributed by atoms with Gasteiger partial charge in [-0.3, -0.25) is 0 Å². The highest BCUT2D eigenvalue weighted by molar-refractivity contribution is 7.96. The van der Waals surface area contributed by atoms with Gasteiger partial charge in [0.2, 0.25) is 0 Å². The number of aliphatic hydroxyl groups is 1. The number of allylic oxidation sites excluding steroid dienone is 1. The number of aryl methyl sites for hydroxylation is 1. The summed E-state index contributed by atoms with van der Waals surface area (Å²) in [6, 6.07) is 1.80. The van der Waals surface area contributed by atoms with Crippen LogP contribution < -0.4 is 4.72 Å². The van der Waals surface area contributed by atoms with Crippen LogP contribution in [-0.4, -0.2) is 30.5 Å². The number of nitrogens with one attached hydrogen (secondary N) is 1. The Morgan fingerprint density at radius 2 is 1.84 bits per heavy atom. The van der Waals surface area contributed by atoms with E-state index in [0.29, 0.717) is 37.4 Å². The maximum absolute atomic E-state index is 13.1. The number of sulfonamides is 1. The van der Waals surface area contributed by atoms with Crippen LogP contribution in [0.1, 0.15) is 88.3 Å². The summed E-state index contributed by atoms with van der Waals surface area (Å²) in [5.74, 6) is 0.676. The van der Waals surface area contributed by atoms with Crippen molar-refractivity contribution in [1.82, 2.24) is 14.3 Å². The quantitative estimate of drug-likeness (QED) is 0.385. The molecule has 1 heterocycles. The number of rotatable bonds is 5. The van der Waals surface area contributed by atoms with Gasteiger partial charge in [-0.1, -0.05) is 24.0 Å². The van der Waals surface area contributed by atoms with Crippen molar-refractivity contribution in [2.75, 3.05) is 0 Å². The van der Waals surface area contributed by atoms with Gasteiger partial charge in [-0.05, 0) is 70.1 Å². The predicted molar refractivity (Wildman–Crippen MR) is 124 cm³/mol. The molecule has 0 aliphatic heterocycles. The highest BCUT2D eigenvalue weighted by Crippen LogP contribution is 2.36. The number of aromatic nitrogens is 2. The zero-order valence-electron chi connectivity index (χ0n) is 19.3. The summed E-state index contributed by atoms with van der Waals surface area (Å²) < 4.78 is 31.2. The molecule has 3 aliphatic carbocycles. The van der Waals surface area contributed by atoms with Gasteiger partial charge < -0.3 is 14.2 Å². The molecule has 7 nitrogen and oxygen atoms in total. The molecule has 0 radical (unpaired) electrons. The molecular formula is C24H36N4O3S. The van der Waals surface area contributed by atoms with Gasteiger partial charge in [0.1, 0.15) is 33.1 Å². The van der Waals surface area contributed by atoms with Gasteiger partial charge in [-0.25, -0.2) is 4.98 Å². The molecule has 1 aromatic heterocycles. The molecular weight excluding hydrogens is 424 g/mol. The number of nitrogens with zero attached hydrogens (tertiary/aromatic N) is 3. The molecule has 2 fully saturated rings. The lowest BCUT2D eigenvalue weighted by molar-refractivity contribution is 0.236. The lowest BCUT2D eigenvalue weighted by atomic mass is 9.82. The minimum absolute atomic E-state index is 0.0115. The van der Waals surface area contributed by atoms with Crippen molar-refractivity contribution < 1.29 is 13.9 Å². The maximum atomic E-state index is 13.1. The smallest absolute Gasteiger partial charge is 0.154 e. The summed E-state index contributed by atoms with van der Waals surface area (Å²) in [4.78, 5) is 4.70. The van der Waals surface area contributed by atoms with Crippen molar-refractivity contribution in [1.29, 1.82) is 5.26 Å². The Bertz CT molecular complexity index is 955. The van der Waals surface area contributed by atoms with E-state index in [9.17, 15) is 19.1 Å². The number of fused-ring (bicyclic) bond motifs is 1. The SMILES string of the molecule is CC1CCC([S+](=O)([O-])NC2CCCCC2/C(O)=C(/C#N)c2nc3c(n2C)CCCC3)CC1. The van der Waals surface area contributed by atoms with Crippen molar-refractivity contribution in [3.8, 4) is 6.07 Å². The number of imidazole rings is 1. The third-order valence-electron chi connectivity index (χ3n) is 7.80. The molecule has 0 bridgehead atoms. The summed E-state index contributed by atoms with van der Waals surface area (Å²) in [5.41, 5.74) is 2.34. The molecule has 3 atom stereocenters. The van der Waals surface area contributed by atoms with Gasteiger partial charge in [-0.15, -0.1) is 4.72 Å². The molecule has 0 spiro atoms. The number of hydrogen-bond donors (Lipinski definition) is 2. The summed E-state index contributed by atoms with van der Waals surface area (Å²) in [5, 5.41) is 20.9. The Balaban J connectivity index is 1.60. The molecule has 3 unspecified atom stereocenters. The van der Waals surface area contributed by atoms with Crippen molar-refractivity contribution in [3.05, 3.63) is 23.0 Å². The lowest BCUT2D eigenvalue weighted by Gasteiger charge is -2.36. The minimum Gasteiger partial charge on any atom is -0.598 e. The summed E-state index contributed by atoms with van der Waals surface area (Å²) in [6.07, 6.45) is 10.4. The van der Waals surface area contributed by atoms with Crippen LogP contribution in [0.3, 0.4) is 0 Å². The second-order valence-corrected chi connectivity index (χ2v) is 12.0. The van der Waals surface area contributed by atoms with E-state index in [2.05, 4.69) is 17.7 Å². The first kappa shape index (κ1) is 23.5. The fourth-order valence-corrected chi connectivity index (χ4v) is 7.55. The van der Waals surface area contributed by atoms with E-state index in [-0.39, 0.29) is 22.6 Å². The van der Waals surface area contributed by atoms with Crippen LogP contribution in [0.4, 0.5) is 0 Å². The van der Waals surface area contributed by atoms with Gasteiger partial charge in [0.25, 0.3) is 0 Å². The normalized spacial score (nSPS) is 31.2. The molecule has 1 aromatic rings. The Morgan fingerprint density at radius 3 is 2.53 bits per heavy atom. The van der Waals surface area contributed by atoms with Crippen LogP contribution >= 0.6 is 0 Å². The molecule has 32 heavy (non-hydrogen) atoms. The Morgan fingerprint density at radius 1 is 1.16 bits per heavy atom. The van der Waals surface area contributed by atoms with Gasteiger partial charge in [0.15, 0.2) is 5.82 Å². The first-order valence-corrected chi connectivity index (χ1v) is 13.8. The monoisotopic (exact) mass is 460 g/mol. The highest BCUT2D eigenvalue weighted by atomic mass is 32.3. The van der Waals surface area contributed by atoms with E-state index in [1.165, 1.54) is 0 Å². The minimum atomic E-state index is -3.47. The molecule has 2 N–H and O–H groups in total. The highest BCUT2D eigenvalue weighted by Gasteiger charge is 2.40. The molecule has 4 rings (SSSR count). The fraction of sp³-hybridized carbons (Fsp3) is 0.750. The van der Waals surface area contributed by atoms with Crippen molar-refractivity contribution >= 4 is 16.0 Å². The van der Waals surface area contributed by atoms with Crippen LogP contribution in [0, 0.1) is 23.2 Å². The van der Waals surface area contributed by atoms with Crippen LogP contribution in [0.15, 0.2) is 5.76 Å². The summed E-state index contributed by atoms with van der Waals surface area (Å²) >= 11 is 0. The van der Waals surface area contributed by atoms with Gasteiger partial charge >= 0.3 is 0 Å². The first-order valence-electron chi connectivity index (χ1n) is 12.2. The summed E-state index contributed by atoms with van der Waals surface area (Å²) in [6.45, 7) is 2.18. The zero-order chi connectivity index (χ0) is 22.9. The standard InChI is InChI=1S/C24H36N4O3S/c1-16-11-13-17(14-12-16)32(30,31)27-20-8-4-3-7-18(20)23(29)19(15-25)24-26-21-9-5-6-10-22(21)28(24)2/h16-18,20H,3-14H2,1-2H3,(H2-,26,27,29,30,31). The van der Waals surface area contributed by atoms with Crippen LogP contribution in [0.2, 0.25) is 0 Å². The molecule has 2 saturated carbocycles. The van der Waals surface area contributed by atoms with Crippen molar-refractivity contribution in [2.24, 2.45) is 18.9 Å². The second kappa shape index (κ2) is 9.66. The lowest BCUT2D eigenvalue weighted by Crippen LogP contribution is -2.50. The van der Waals surface area contributed by atoms with Gasteiger partial charge in [0, 0.05) is 18.7 Å². The molecule has 0 amide bonds. The molecule has 0 saturated heterocycles. The molecule has 176 valence electrons. The predicted octanol–water partition coefficient (Wildman–Crippen LogP) is 4.36. The zero-order valence-corrected chi connectivity index (χ0v) is 20.1. The van der Waals surface area contributed by atoms with Crippen LogP contribution in [-0.2, 0) is 34.5 Å².